The molecule has 5 aromatic carbocycles. The SMILES string of the molecule is C=C/C=C\c1ccc(-c2cc(-c3ccc(-c4nccc5ccccc45)cc3)cc(-c3ccc(/C=C\C=C)c(C)c3)c2)cc1C. The van der Waals surface area contributed by atoms with E-state index in [1.54, 1.807) is 0 Å². The number of aryl methyl sites for hydroxylation is 2. The Morgan fingerprint density at radius 2 is 1.00 bits per heavy atom. The summed E-state index contributed by atoms with van der Waals surface area (Å²) in [5.74, 6) is 0. The molecule has 6 aromatic rings. The summed E-state index contributed by atoms with van der Waals surface area (Å²) in [7, 11) is 0. The molecule has 0 bridgehead atoms. The van der Waals surface area contributed by atoms with Crippen molar-refractivity contribution in [2.24, 2.45) is 0 Å². The van der Waals surface area contributed by atoms with Crippen molar-refractivity contribution < 1.29 is 0 Å². The van der Waals surface area contributed by atoms with E-state index in [2.05, 4.69) is 148 Å². The van der Waals surface area contributed by atoms with Crippen LogP contribution in [0.5, 0.6) is 0 Å². The monoisotopic (exact) mass is 565 g/mol. The van der Waals surface area contributed by atoms with Crippen molar-refractivity contribution in [3.05, 3.63) is 175 Å². The molecule has 1 heteroatoms. The van der Waals surface area contributed by atoms with Crippen molar-refractivity contribution in [2.75, 3.05) is 0 Å². The number of nitrogens with zero attached hydrogens (tertiary/aromatic N) is 1. The van der Waals surface area contributed by atoms with Gasteiger partial charge in [0.05, 0.1) is 5.69 Å². The molecule has 0 aliphatic carbocycles. The summed E-state index contributed by atoms with van der Waals surface area (Å²) in [6.07, 6.45) is 13.7. The van der Waals surface area contributed by atoms with Crippen LogP contribution in [0.1, 0.15) is 22.3 Å². The summed E-state index contributed by atoms with van der Waals surface area (Å²) >= 11 is 0. The Balaban J connectivity index is 1.45. The van der Waals surface area contributed by atoms with Gasteiger partial charge in [0.1, 0.15) is 0 Å². The molecular weight excluding hydrogens is 530 g/mol. The zero-order valence-electron chi connectivity index (χ0n) is 25.3. The second-order valence-corrected chi connectivity index (χ2v) is 11.1. The molecule has 0 aliphatic rings. The third-order valence-electron chi connectivity index (χ3n) is 8.13. The Hall–Kier alpha value is -5.53. The Morgan fingerprint density at radius 1 is 0.500 bits per heavy atom. The van der Waals surface area contributed by atoms with Crippen molar-refractivity contribution in [2.45, 2.75) is 13.8 Å². The summed E-state index contributed by atoms with van der Waals surface area (Å²) < 4.78 is 0. The Labute approximate surface area is 260 Å². The summed E-state index contributed by atoms with van der Waals surface area (Å²) in [5.41, 5.74) is 14.1. The minimum atomic E-state index is 1.01. The maximum atomic E-state index is 4.73. The quantitative estimate of drug-likeness (QED) is 0.167. The van der Waals surface area contributed by atoms with Gasteiger partial charge in [-0.3, -0.25) is 4.98 Å². The average molecular weight is 566 g/mol. The number of aromatic nitrogens is 1. The van der Waals surface area contributed by atoms with E-state index in [1.165, 1.54) is 61.0 Å². The van der Waals surface area contributed by atoms with Crippen molar-refractivity contribution in [1.82, 2.24) is 4.98 Å². The van der Waals surface area contributed by atoms with Gasteiger partial charge in [-0.2, -0.15) is 0 Å². The highest BCUT2D eigenvalue weighted by Crippen LogP contribution is 2.36. The second kappa shape index (κ2) is 12.8. The first kappa shape index (κ1) is 28.6. The van der Waals surface area contributed by atoms with Gasteiger partial charge in [0.2, 0.25) is 0 Å². The Bertz CT molecular complexity index is 1960. The van der Waals surface area contributed by atoms with Crippen molar-refractivity contribution in [3.8, 4) is 44.6 Å². The highest BCUT2D eigenvalue weighted by Gasteiger charge is 2.11. The third-order valence-corrected chi connectivity index (χ3v) is 8.13. The molecule has 44 heavy (non-hydrogen) atoms. The highest BCUT2D eigenvalue weighted by molar-refractivity contribution is 5.94. The van der Waals surface area contributed by atoms with E-state index in [9.17, 15) is 0 Å². The van der Waals surface area contributed by atoms with Gasteiger partial charge in [-0.15, -0.1) is 0 Å². The number of hydrogen-bond donors (Lipinski definition) is 0. The van der Waals surface area contributed by atoms with Gasteiger partial charge in [0.25, 0.3) is 0 Å². The van der Waals surface area contributed by atoms with Crippen LogP contribution in [0.25, 0.3) is 67.6 Å². The molecule has 1 nitrogen and oxygen atoms in total. The normalized spacial score (nSPS) is 11.4. The number of allylic oxidation sites excluding steroid dienone is 4. The molecule has 0 atom stereocenters. The summed E-state index contributed by atoms with van der Waals surface area (Å²) in [5, 5.41) is 2.36. The van der Waals surface area contributed by atoms with Gasteiger partial charge in [-0.25, -0.2) is 0 Å². The van der Waals surface area contributed by atoms with Gasteiger partial charge < -0.3 is 0 Å². The van der Waals surface area contributed by atoms with E-state index in [1.807, 2.05) is 30.5 Å². The molecule has 212 valence electrons. The maximum Gasteiger partial charge on any atom is 0.0780 e. The zero-order valence-corrected chi connectivity index (χ0v) is 25.3. The number of rotatable bonds is 8. The van der Waals surface area contributed by atoms with Crippen LogP contribution < -0.4 is 0 Å². The van der Waals surface area contributed by atoms with Crippen LogP contribution in [0, 0.1) is 13.8 Å². The predicted molar refractivity (Wildman–Crippen MR) is 191 cm³/mol. The fourth-order valence-corrected chi connectivity index (χ4v) is 5.73. The van der Waals surface area contributed by atoms with Gasteiger partial charge in [-0.05, 0) is 99.1 Å². The molecule has 0 aliphatic heterocycles. The largest absolute Gasteiger partial charge is 0.256 e. The maximum absolute atomic E-state index is 4.73. The predicted octanol–water partition coefficient (Wildman–Crippen LogP) is 11.9. The van der Waals surface area contributed by atoms with Crippen molar-refractivity contribution in [3.63, 3.8) is 0 Å². The fraction of sp³-hybridized carbons (Fsp3) is 0.0465. The van der Waals surface area contributed by atoms with E-state index >= 15 is 0 Å². The van der Waals surface area contributed by atoms with E-state index in [-0.39, 0.29) is 0 Å². The lowest BCUT2D eigenvalue weighted by atomic mass is 9.91. The lowest BCUT2D eigenvalue weighted by Crippen LogP contribution is -1.90. The highest BCUT2D eigenvalue weighted by atomic mass is 14.7. The van der Waals surface area contributed by atoms with Crippen LogP contribution >= 0.6 is 0 Å². The van der Waals surface area contributed by atoms with E-state index in [0.29, 0.717) is 0 Å². The van der Waals surface area contributed by atoms with Crippen molar-refractivity contribution >= 4 is 22.9 Å². The Morgan fingerprint density at radius 3 is 1.55 bits per heavy atom. The molecule has 0 amide bonds. The number of hydrogen-bond acceptors (Lipinski definition) is 1. The van der Waals surface area contributed by atoms with Gasteiger partial charge in [-0.1, -0.05) is 135 Å². The minimum absolute atomic E-state index is 1.01. The molecular formula is C43H35N. The molecule has 0 unspecified atom stereocenters. The lowest BCUT2D eigenvalue weighted by Gasteiger charge is -2.14. The minimum Gasteiger partial charge on any atom is -0.256 e. The zero-order chi connectivity index (χ0) is 30.5. The summed E-state index contributed by atoms with van der Waals surface area (Å²) in [4.78, 5) is 4.73. The van der Waals surface area contributed by atoms with Crippen LogP contribution in [-0.2, 0) is 0 Å². The lowest BCUT2D eigenvalue weighted by molar-refractivity contribution is 1.36. The molecule has 1 aromatic heterocycles. The van der Waals surface area contributed by atoms with Crippen LogP contribution in [-0.4, -0.2) is 4.98 Å². The first-order valence-electron chi connectivity index (χ1n) is 14.9. The van der Waals surface area contributed by atoms with Gasteiger partial charge in [0, 0.05) is 17.1 Å². The smallest absolute Gasteiger partial charge is 0.0780 e. The molecule has 0 saturated heterocycles. The fourth-order valence-electron chi connectivity index (χ4n) is 5.73. The van der Waals surface area contributed by atoms with Crippen LogP contribution in [0.2, 0.25) is 0 Å². The van der Waals surface area contributed by atoms with E-state index in [0.717, 1.165) is 16.6 Å². The average Bonchev–Trinajstić information content (AvgIpc) is 3.06. The van der Waals surface area contributed by atoms with E-state index < -0.39 is 0 Å². The number of benzene rings is 5. The molecule has 0 N–H and O–H groups in total. The first-order chi connectivity index (χ1) is 21.5. The third kappa shape index (κ3) is 6.00. The molecule has 0 radical (unpaired) electrons. The number of fused-ring (bicyclic) bond motifs is 1. The molecule has 1 heterocycles. The van der Waals surface area contributed by atoms with Crippen LogP contribution in [0.3, 0.4) is 0 Å². The molecule has 0 saturated carbocycles. The summed E-state index contributed by atoms with van der Waals surface area (Å²) in [6, 6.07) is 39.5. The second-order valence-electron chi connectivity index (χ2n) is 11.1. The van der Waals surface area contributed by atoms with Gasteiger partial charge >= 0.3 is 0 Å². The standard InChI is InChI=1S/C43H35N/c1-5-7-11-32-15-21-37(25-30(32)3)40-27-39(28-41(29-40)38-22-16-33(12-8-6-2)31(4)26-38)34-17-19-36(20-18-34)43-42-14-10-9-13-35(42)23-24-44-43/h5-29H,1-2H2,3-4H3/b11-7-,12-8-. The summed E-state index contributed by atoms with van der Waals surface area (Å²) in [6.45, 7) is 11.9. The Kier molecular flexibility index (Phi) is 8.30. The first-order valence-corrected chi connectivity index (χ1v) is 14.9. The number of pyridine rings is 1. The van der Waals surface area contributed by atoms with Crippen molar-refractivity contribution in [1.29, 1.82) is 0 Å². The molecule has 6 rings (SSSR count). The molecule has 0 spiro atoms. The molecule has 0 fully saturated rings. The van der Waals surface area contributed by atoms with E-state index in [4.69, 9.17) is 4.98 Å². The van der Waals surface area contributed by atoms with Gasteiger partial charge in [0.15, 0.2) is 0 Å². The van der Waals surface area contributed by atoms with Crippen LogP contribution in [0.4, 0.5) is 0 Å². The van der Waals surface area contributed by atoms with Crippen LogP contribution in [0.15, 0.2) is 153 Å². The topological polar surface area (TPSA) is 12.9 Å².